The summed E-state index contributed by atoms with van der Waals surface area (Å²) in [5.41, 5.74) is 2.34. The summed E-state index contributed by atoms with van der Waals surface area (Å²) >= 11 is 0. The molecule has 0 saturated carbocycles. The van der Waals surface area contributed by atoms with Gasteiger partial charge >= 0.3 is 0 Å². The second-order valence-corrected chi connectivity index (χ2v) is 4.69. The van der Waals surface area contributed by atoms with Gasteiger partial charge in [0.25, 0.3) is 5.69 Å². The Morgan fingerprint density at radius 2 is 1.76 bits per heavy atom. The zero-order valence-electron chi connectivity index (χ0n) is 11.6. The number of aliphatic imine (C=N–C) groups is 1. The van der Waals surface area contributed by atoms with Crippen molar-refractivity contribution < 1.29 is 15.1 Å². The molecule has 6 heteroatoms. The van der Waals surface area contributed by atoms with Gasteiger partial charge in [-0.25, -0.2) is 0 Å². The number of hydrogen-bond donors (Lipinski definition) is 2. The van der Waals surface area contributed by atoms with Crippen LogP contribution in [0.25, 0.3) is 0 Å². The SMILES string of the molecule is Cc1cc(O)cc(C)c1/N=C/c1cc([N+](=O)[O-])ccc1O. The number of rotatable bonds is 3. The Balaban J connectivity index is 2.42. The monoisotopic (exact) mass is 286 g/mol. The maximum absolute atomic E-state index is 10.7. The summed E-state index contributed by atoms with van der Waals surface area (Å²) in [6, 6.07) is 6.89. The van der Waals surface area contributed by atoms with E-state index in [1.54, 1.807) is 26.0 Å². The number of hydrogen-bond acceptors (Lipinski definition) is 5. The molecule has 0 unspecified atom stereocenters. The normalized spacial score (nSPS) is 11.0. The first-order chi connectivity index (χ1) is 9.88. The summed E-state index contributed by atoms with van der Waals surface area (Å²) in [4.78, 5) is 14.5. The molecule has 0 aliphatic carbocycles. The molecule has 108 valence electrons. The Bertz CT molecular complexity index is 715. The van der Waals surface area contributed by atoms with E-state index in [-0.39, 0.29) is 22.7 Å². The molecule has 2 aromatic rings. The van der Waals surface area contributed by atoms with E-state index in [0.717, 1.165) is 11.1 Å². The lowest BCUT2D eigenvalue weighted by atomic mass is 10.1. The van der Waals surface area contributed by atoms with Crippen LogP contribution in [0.4, 0.5) is 11.4 Å². The highest BCUT2D eigenvalue weighted by molar-refractivity contribution is 5.87. The van der Waals surface area contributed by atoms with E-state index in [9.17, 15) is 20.3 Å². The zero-order valence-corrected chi connectivity index (χ0v) is 11.6. The largest absolute Gasteiger partial charge is 0.508 e. The van der Waals surface area contributed by atoms with Gasteiger partial charge in [0.15, 0.2) is 0 Å². The molecule has 6 nitrogen and oxygen atoms in total. The zero-order chi connectivity index (χ0) is 15.6. The molecular weight excluding hydrogens is 272 g/mol. The third-order valence-corrected chi connectivity index (χ3v) is 3.03. The fraction of sp³-hybridized carbons (Fsp3) is 0.133. The number of nitro groups is 1. The van der Waals surface area contributed by atoms with Gasteiger partial charge in [0.2, 0.25) is 0 Å². The van der Waals surface area contributed by atoms with E-state index < -0.39 is 4.92 Å². The topological polar surface area (TPSA) is 96.0 Å². The van der Waals surface area contributed by atoms with Crippen LogP contribution in [0.2, 0.25) is 0 Å². The Labute approximate surface area is 121 Å². The summed E-state index contributed by atoms with van der Waals surface area (Å²) in [6.07, 6.45) is 1.37. The van der Waals surface area contributed by atoms with Crippen LogP contribution in [0.5, 0.6) is 11.5 Å². The molecule has 0 aliphatic rings. The highest BCUT2D eigenvalue weighted by atomic mass is 16.6. The van der Waals surface area contributed by atoms with Crippen LogP contribution in [-0.4, -0.2) is 21.4 Å². The third kappa shape index (κ3) is 3.17. The van der Waals surface area contributed by atoms with Gasteiger partial charge in [-0.1, -0.05) is 0 Å². The summed E-state index contributed by atoms with van der Waals surface area (Å²) in [7, 11) is 0. The lowest BCUT2D eigenvalue weighted by molar-refractivity contribution is -0.384. The van der Waals surface area contributed by atoms with Crippen LogP contribution in [0.15, 0.2) is 35.3 Å². The number of phenolic OH excluding ortho intramolecular Hbond substituents is 2. The molecule has 0 heterocycles. The Morgan fingerprint density at radius 3 is 2.33 bits per heavy atom. The first-order valence-corrected chi connectivity index (χ1v) is 6.20. The van der Waals surface area contributed by atoms with Gasteiger partial charge in [-0.3, -0.25) is 15.1 Å². The smallest absolute Gasteiger partial charge is 0.270 e. The number of nitro benzene ring substituents is 1. The van der Waals surface area contributed by atoms with Gasteiger partial charge in [0.1, 0.15) is 11.5 Å². The summed E-state index contributed by atoms with van der Waals surface area (Å²) < 4.78 is 0. The van der Waals surface area contributed by atoms with E-state index in [1.807, 2.05) is 0 Å². The molecule has 2 N–H and O–H groups in total. The average molecular weight is 286 g/mol. The second-order valence-electron chi connectivity index (χ2n) is 4.69. The standard InChI is InChI=1S/C15H14N2O4/c1-9-5-13(18)6-10(2)15(9)16-8-11-7-12(17(20)21)3-4-14(11)19/h3-8,18-19H,1-2H3/b16-8+. The molecule has 2 rings (SSSR count). The molecule has 0 saturated heterocycles. The molecule has 0 atom stereocenters. The minimum atomic E-state index is -0.534. The van der Waals surface area contributed by atoms with Gasteiger partial charge in [-0.05, 0) is 43.2 Å². The van der Waals surface area contributed by atoms with Crippen LogP contribution < -0.4 is 0 Å². The third-order valence-electron chi connectivity index (χ3n) is 3.03. The molecule has 0 amide bonds. The van der Waals surface area contributed by atoms with Gasteiger partial charge in [0.05, 0.1) is 10.6 Å². The molecular formula is C15H14N2O4. The van der Waals surface area contributed by atoms with E-state index in [0.29, 0.717) is 5.69 Å². The molecule has 0 radical (unpaired) electrons. The highest BCUT2D eigenvalue weighted by Crippen LogP contribution is 2.29. The van der Waals surface area contributed by atoms with E-state index >= 15 is 0 Å². The van der Waals surface area contributed by atoms with Crippen LogP contribution >= 0.6 is 0 Å². The second kappa shape index (κ2) is 5.62. The van der Waals surface area contributed by atoms with Gasteiger partial charge in [-0.2, -0.15) is 0 Å². The lowest BCUT2D eigenvalue weighted by Crippen LogP contribution is -1.91. The minimum absolute atomic E-state index is 0.0848. The fourth-order valence-electron chi connectivity index (χ4n) is 2.03. The molecule has 0 aromatic heterocycles. The number of aryl methyl sites for hydroxylation is 2. The predicted molar refractivity (Wildman–Crippen MR) is 79.6 cm³/mol. The van der Waals surface area contributed by atoms with Crippen molar-refractivity contribution in [3.05, 3.63) is 57.1 Å². The number of benzene rings is 2. The molecule has 2 aromatic carbocycles. The van der Waals surface area contributed by atoms with Crippen molar-refractivity contribution in [2.45, 2.75) is 13.8 Å². The van der Waals surface area contributed by atoms with Crippen molar-refractivity contribution in [3.63, 3.8) is 0 Å². The first kappa shape index (κ1) is 14.5. The summed E-state index contributed by atoms with van der Waals surface area (Å²) in [6.45, 7) is 3.60. The maximum atomic E-state index is 10.7. The van der Waals surface area contributed by atoms with E-state index in [2.05, 4.69) is 4.99 Å². The van der Waals surface area contributed by atoms with Gasteiger partial charge in [0, 0.05) is 23.9 Å². The Morgan fingerprint density at radius 1 is 1.14 bits per heavy atom. The average Bonchev–Trinajstić information content (AvgIpc) is 2.39. The Hall–Kier alpha value is -2.89. The van der Waals surface area contributed by atoms with Crippen molar-refractivity contribution in [2.24, 2.45) is 4.99 Å². The number of aromatic hydroxyl groups is 2. The van der Waals surface area contributed by atoms with Gasteiger partial charge < -0.3 is 10.2 Å². The van der Waals surface area contributed by atoms with E-state index in [4.69, 9.17) is 0 Å². The summed E-state index contributed by atoms with van der Waals surface area (Å²) in [5.74, 6) is 0.0700. The van der Waals surface area contributed by atoms with Gasteiger partial charge in [-0.15, -0.1) is 0 Å². The van der Waals surface area contributed by atoms with Crippen LogP contribution in [0.1, 0.15) is 16.7 Å². The van der Waals surface area contributed by atoms with Crippen molar-refractivity contribution >= 4 is 17.6 Å². The van der Waals surface area contributed by atoms with Crippen molar-refractivity contribution in [3.8, 4) is 11.5 Å². The summed E-state index contributed by atoms with van der Waals surface area (Å²) in [5, 5.41) is 29.9. The van der Waals surface area contributed by atoms with Crippen LogP contribution in [0, 0.1) is 24.0 Å². The Kier molecular flexibility index (Phi) is 3.89. The van der Waals surface area contributed by atoms with Crippen LogP contribution in [-0.2, 0) is 0 Å². The minimum Gasteiger partial charge on any atom is -0.508 e. The molecule has 0 fully saturated rings. The molecule has 21 heavy (non-hydrogen) atoms. The van der Waals surface area contributed by atoms with Crippen LogP contribution in [0.3, 0.4) is 0 Å². The quantitative estimate of drug-likeness (QED) is 0.513. The lowest BCUT2D eigenvalue weighted by Gasteiger charge is -2.06. The fourth-order valence-corrected chi connectivity index (χ4v) is 2.03. The first-order valence-electron chi connectivity index (χ1n) is 6.20. The van der Waals surface area contributed by atoms with Crippen molar-refractivity contribution in [2.75, 3.05) is 0 Å². The molecule has 0 aliphatic heterocycles. The van der Waals surface area contributed by atoms with E-state index in [1.165, 1.54) is 24.4 Å². The molecule has 0 spiro atoms. The number of phenols is 2. The molecule has 0 bridgehead atoms. The van der Waals surface area contributed by atoms with Crippen molar-refractivity contribution in [1.82, 2.24) is 0 Å². The number of nitrogens with zero attached hydrogens (tertiary/aromatic N) is 2. The highest BCUT2D eigenvalue weighted by Gasteiger charge is 2.09. The maximum Gasteiger partial charge on any atom is 0.270 e. The number of non-ortho nitro benzene ring substituents is 1. The van der Waals surface area contributed by atoms with Crippen molar-refractivity contribution in [1.29, 1.82) is 0 Å². The predicted octanol–water partition coefficient (Wildman–Crippen LogP) is 3.37.